The first kappa shape index (κ1) is 22.5. The Morgan fingerprint density at radius 1 is 1.03 bits per heavy atom. The molecule has 1 amide bonds. The Balaban J connectivity index is 1.33. The van der Waals surface area contributed by atoms with E-state index in [4.69, 9.17) is 4.42 Å². The second-order valence-electron chi connectivity index (χ2n) is 7.42. The van der Waals surface area contributed by atoms with Gasteiger partial charge in [0, 0.05) is 24.5 Å². The minimum absolute atomic E-state index is 0.171. The fourth-order valence-electron chi connectivity index (χ4n) is 3.37. The van der Waals surface area contributed by atoms with E-state index >= 15 is 0 Å². The van der Waals surface area contributed by atoms with E-state index in [1.165, 1.54) is 24.1 Å². The zero-order chi connectivity index (χ0) is 24.0. The molecule has 0 fully saturated rings. The number of benzene rings is 2. The molecule has 3 aromatic heterocycles. The number of hydrogen-bond acceptors (Lipinski definition) is 7. The molecule has 3 heterocycles. The first-order valence-electron chi connectivity index (χ1n) is 10.7. The van der Waals surface area contributed by atoms with Gasteiger partial charge in [0.1, 0.15) is 12.1 Å². The van der Waals surface area contributed by atoms with Gasteiger partial charge in [0.2, 0.25) is 5.89 Å². The van der Waals surface area contributed by atoms with E-state index in [1.54, 1.807) is 41.2 Å². The van der Waals surface area contributed by atoms with Crippen molar-refractivity contribution in [2.24, 2.45) is 0 Å². The maximum Gasteiger partial charge on any atom is 0.273 e. The van der Waals surface area contributed by atoms with Crippen molar-refractivity contribution in [1.82, 2.24) is 30.0 Å². The minimum atomic E-state index is -0.393. The highest BCUT2D eigenvalue weighted by atomic mass is 32.2. The lowest BCUT2D eigenvalue weighted by molar-refractivity contribution is 0.0946. The van der Waals surface area contributed by atoms with Crippen LogP contribution in [0.25, 0.3) is 17.1 Å². The third-order valence-electron chi connectivity index (χ3n) is 5.04. The van der Waals surface area contributed by atoms with Crippen LogP contribution in [0.1, 0.15) is 21.9 Å². The summed E-state index contributed by atoms with van der Waals surface area (Å²) in [5.74, 6) is 0.383. The van der Waals surface area contributed by atoms with Crippen molar-refractivity contribution in [3.05, 3.63) is 108 Å². The number of pyridine rings is 1. The maximum atomic E-state index is 14.7. The number of halogens is 1. The van der Waals surface area contributed by atoms with Crippen LogP contribution in [-0.4, -0.2) is 30.6 Å². The Kier molecular flexibility index (Phi) is 6.62. The number of carbonyl (C=O) groups is 1. The summed E-state index contributed by atoms with van der Waals surface area (Å²) in [5, 5.41) is 11.8. The Morgan fingerprint density at radius 3 is 2.66 bits per heavy atom. The Bertz CT molecular complexity index is 1440. The molecule has 35 heavy (non-hydrogen) atoms. The van der Waals surface area contributed by atoms with Gasteiger partial charge < -0.3 is 9.73 Å². The number of rotatable bonds is 8. The quantitative estimate of drug-likeness (QED) is 0.318. The zero-order valence-electron chi connectivity index (χ0n) is 18.3. The molecule has 0 radical (unpaired) electrons. The van der Waals surface area contributed by atoms with Gasteiger partial charge in [-0.2, -0.15) is 0 Å². The zero-order valence-corrected chi connectivity index (χ0v) is 19.2. The van der Waals surface area contributed by atoms with Gasteiger partial charge in [-0.3, -0.25) is 14.3 Å². The number of nitrogens with zero attached hydrogens (tertiary/aromatic N) is 5. The van der Waals surface area contributed by atoms with Gasteiger partial charge in [-0.25, -0.2) is 9.37 Å². The molecule has 8 nitrogen and oxygen atoms in total. The monoisotopic (exact) mass is 486 g/mol. The van der Waals surface area contributed by atoms with Crippen LogP contribution in [0.4, 0.5) is 4.39 Å². The van der Waals surface area contributed by atoms with E-state index < -0.39 is 5.82 Å². The molecule has 5 rings (SSSR count). The van der Waals surface area contributed by atoms with Crippen molar-refractivity contribution in [2.75, 3.05) is 0 Å². The van der Waals surface area contributed by atoms with Crippen molar-refractivity contribution >= 4 is 17.7 Å². The third-order valence-corrected chi connectivity index (χ3v) is 5.96. The number of carbonyl (C=O) groups excluding carboxylic acids is 1. The summed E-state index contributed by atoms with van der Waals surface area (Å²) in [4.78, 5) is 20.7. The molecule has 174 valence electrons. The molecular weight excluding hydrogens is 467 g/mol. The second kappa shape index (κ2) is 10.3. The summed E-state index contributed by atoms with van der Waals surface area (Å²) in [7, 11) is 0. The lowest BCUT2D eigenvalue weighted by Crippen LogP contribution is -2.23. The van der Waals surface area contributed by atoms with Gasteiger partial charge in [0.05, 0.1) is 11.4 Å². The highest BCUT2D eigenvalue weighted by Gasteiger charge is 2.20. The molecule has 0 aliphatic carbocycles. The first-order chi connectivity index (χ1) is 17.2. The third kappa shape index (κ3) is 5.12. The van der Waals surface area contributed by atoms with Gasteiger partial charge in [-0.15, -0.1) is 10.2 Å². The smallest absolute Gasteiger partial charge is 0.273 e. The number of nitrogens with one attached hydrogen (secondary N) is 1. The van der Waals surface area contributed by atoms with Gasteiger partial charge in [-0.05, 0) is 23.8 Å². The lowest BCUT2D eigenvalue weighted by Gasteiger charge is -2.10. The summed E-state index contributed by atoms with van der Waals surface area (Å²) in [6.45, 7) is 0.331. The van der Waals surface area contributed by atoms with Crippen molar-refractivity contribution < 1.29 is 13.6 Å². The molecule has 0 spiro atoms. The maximum absolute atomic E-state index is 14.7. The average molecular weight is 487 g/mol. The van der Waals surface area contributed by atoms with Crippen LogP contribution < -0.4 is 5.32 Å². The number of aromatic nitrogens is 5. The topological polar surface area (TPSA) is 98.7 Å². The molecule has 2 aromatic carbocycles. The van der Waals surface area contributed by atoms with Crippen LogP contribution >= 0.6 is 11.8 Å². The highest BCUT2D eigenvalue weighted by molar-refractivity contribution is 7.98. The summed E-state index contributed by atoms with van der Waals surface area (Å²) >= 11 is 1.28. The number of hydrogen-bond donors (Lipinski definition) is 1. The van der Waals surface area contributed by atoms with E-state index in [1.807, 2.05) is 36.4 Å². The fourth-order valence-corrected chi connectivity index (χ4v) is 4.17. The molecule has 0 unspecified atom stereocenters. The van der Waals surface area contributed by atoms with Crippen molar-refractivity contribution in [3.8, 4) is 17.1 Å². The molecule has 0 saturated heterocycles. The van der Waals surface area contributed by atoms with Gasteiger partial charge in [0.15, 0.2) is 16.7 Å². The van der Waals surface area contributed by atoms with Crippen LogP contribution in [0.5, 0.6) is 0 Å². The predicted molar refractivity (Wildman–Crippen MR) is 128 cm³/mol. The summed E-state index contributed by atoms with van der Waals surface area (Å²) < 4.78 is 21.9. The van der Waals surface area contributed by atoms with Crippen LogP contribution in [0.15, 0.2) is 95.0 Å². The second-order valence-corrected chi connectivity index (χ2v) is 8.36. The van der Waals surface area contributed by atoms with E-state index in [9.17, 15) is 9.18 Å². The SMILES string of the molecule is O=C(NCc1cccnc1)c1coc(CSc2nnc(-c3ccccc3)n2-c2ccccc2F)n1. The molecule has 0 atom stereocenters. The van der Waals surface area contributed by atoms with Gasteiger partial charge in [-0.1, -0.05) is 60.3 Å². The fraction of sp³-hybridized carbons (Fsp3) is 0.0800. The van der Waals surface area contributed by atoms with Crippen LogP contribution in [0.3, 0.4) is 0 Å². The molecule has 0 aliphatic heterocycles. The Labute approximate surface area is 204 Å². The number of thioether (sulfide) groups is 1. The van der Waals surface area contributed by atoms with E-state index in [-0.39, 0.29) is 17.4 Å². The van der Waals surface area contributed by atoms with Crippen molar-refractivity contribution in [3.63, 3.8) is 0 Å². The van der Waals surface area contributed by atoms with Crippen molar-refractivity contribution in [1.29, 1.82) is 0 Å². The van der Waals surface area contributed by atoms with Crippen LogP contribution in [-0.2, 0) is 12.3 Å². The van der Waals surface area contributed by atoms with Crippen LogP contribution in [0.2, 0.25) is 0 Å². The minimum Gasteiger partial charge on any atom is -0.447 e. The Morgan fingerprint density at radius 2 is 1.86 bits per heavy atom. The van der Waals surface area contributed by atoms with E-state index in [0.717, 1.165) is 11.1 Å². The molecule has 0 aliphatic rings. The summed E-state index contributed by atoms with van der Waals surface area (Å²) in [6, 6.07) is 19.6. The summed E-state index contributed by atoms with van der Waals surface area (Å²) in [5.41, 5.74) is 2.19. The van der Waals surface area contributed by atoms with Gasteiger partial charge in [0.25, 0.3) is 5.91 Å². The number of amides is 1. The normalized spacial score (nSPS) is 10.9. The van der Waals surface area contributed by atoms with Crippen molar-refractivity contribution in [2.45, 2.75) is 17.5 Å². The summed E-state index contributed by atoms with van der Waals surface area (Å²) in [6.07, 6.45) is 4.66. The number of para-hydroxylation sites is 1. The largest absolute Gasteiger partial charge is 0.447 e. The molecule has 0 bridgehead atoms. The number of oxazole rings is 1. The average Bonchev–Trinajstić information content (AvgIpc) is 3.55. The van der Waals surface area contributed by atoms with E-state index in [2.05, 4.69) is 25.5 Å². The molecule has 0 saturated carbocycles. The Hall–Kier alpha value is -4.31. The standard InChI is InChI=1S/C25H19FN6O2S/c26-19-10-4-5-11-21(19)32-23(18-8-2-1-3-9-18)30-31-25(32)35-16-22-29-20(15-34-22)24(33)28-14-17-7-6-12-27-13-17/h1-13,15H,14,16H2,(H,28,33). The van der Waals surface area contributed by atoms with E-state index in [0.29, 0.717) is 29.1 Å². The van der Waals surface area contributed by atoms with Gasteiger partial charge >= 0.3 is 0 Å². The molecule has 1 N–H and O–H groups in total. The molecular formula is C25H19FN6O2S. The lowest BCUT2D eigenvalue weighted by atomic mass is 10.2. The molecule has 10 heteroatoms. The molecule has 5 aromatic rings. The first-order valence-corrected chi connectivity index (χ1v) is 11.7. The highest BCUT2D eigenvalue weighted by Crippen LogP contribution is 2.30. The van der Waals surface area contributed by atoms with Crippen LogP contribution in [0, 0.1) is 5.82 Å². The predicted octanol–water partition coefficient (Wildman–Crippen LogP) is 4.68.